The Hall–Kier alpha value is -1.35. The maximum Gasteiger partial charge on any atom is 0.119 e. The second-order valence-electron chi connectivity index (χ2n) is 3.67. The number of nitrogens with two attached hydrogens (primary N) is 1. The molecule has 1 unspecified atom stereocenters. The summed E-state index contributed by atoms with van der Waals surface area (Å²) in [5.74, 6) is 6.70. The Balaban J connectivity index is 2.78. The third-order valence-corrected chi connectivity index (χ3v) is 2.34. The summed E-state index contributed by atoms with van der Waals surface area (Å²) in [6.07, 6.45) is 2.23. The van der Waals surface area contributed by atoms with Gasteiger partial charge in [-0.2, -0.15) is 0 Å². The molecule has 15 heavy (non-hydrogen) atoms. The van der Waals surface area contributed by atoms with E-state index in [0.717, 1.165) is 24.4 Å². The van der Waals surface area contributed by atoms with Crippen molar-refractivity contribution in [3.05, 3.63) is 30.3 Å². The molecule has 1 atom stereocenters. The van der Waals surface area contributed by atoms with E-state index in [1.807, 2.05) is 30.3 Å². The molecule has 0 aliphatic rings. The lowest BCUT2D eigenvalue weighted by molar-refractivity contribution is 0.645. The first-order chi connectivity index (χ1) is 7.27. The number of rotatable bonds is 4. The summed E-state index contributed by atoms with van der Waals surface area (Å²) >= 11 is 0. The number of amidine groups is 1. The molecule has 1 aromatic rings. The van der Waals surface area contributed by atoms with E-state index in [9.17, 15) is 0 Å². The lowest BCUT2D eigenvalue weighted by atomic mass is 10.1. The normalized spacial score (nSPS) is 13.7. The largest absolute Gasteiger partial charge is 0.312 e. The molecule has 82 valence electrons. The van der Waals surface area contributed by atoms with Gasteiger partial charge in [0.15, 0.2) is 0 Å². The first-order valence-electron chi connectivity index (χ1n) is 5.38. The van der Waals surface area contributed by atoms with E-state index in [-0.39, 0.29) is 0 Å². The Kier molecular flexibility index (Phi) is 4.84. The van der Waals surface area contributed by atoms with Gasteiger partial charge in [-0.05, 0) is 18.6 Å². The highest BCUT2D eigenvalue weighted by atomic mass is 15.3. The monoisotopic (exact) mass is 205 g/mol. The highest BCUT2D eigenvalue weighted by Crippen LogP contribution is 2.13. The van der Waals surface area contributed by atoms with Gasteiger partial charge in [-0.25, -0.2) is 10.8 Å². The molecular weight excluding hydrogens is 186 g/mol. The van der Waals surface area contributed by atoms with E-state index in [0.29, 0.717) is 5.92 Å². The smallest absolute Gasteiger partial charge is 0.119 e. The molecule has 0 saturated carbocycles. The van der Waals surface area contributed by atoms with Crippen LogP contribution in [0.4, 0.5) is 5.69 Å². The zero-order valence-electron chi connectivity index (χ0n) is 9.40. The minimum Gasteiger partial charge on any atom is -0.312 e. The number of benzene rings is 1. The van der Waals surface area contributed by atoms with Gasteiger partial charge in [-0.1, -0.05) is 38.5 Å². The molecule has 0 fully saturated rings. The van der Waals surface area contributed by atoms with Gasteiger partial charge in [0.05, 0.1) is 5.69 Å². The Morgan fingerprint density at radius 2 is 2.07 bits per heavy atom. The number of nitrogens with one attached hydrogen (secondary N) is 1. The van der Waals surface area contributed by atoms with Crippen molar-refractivity contribution in [3.63, 3.8) is 0 Å². The molecule has 0 bridgehead atoms. The van der Waals surface area contributed by atoms with Crippen LogP contribution in [-0.2, 0) is 0 Å². The van der Waals surface area contributed by atoms with E-state index < -0.39 is 0 Å². The van der Waals surface area contributed by atoms with Crippen LogP contribution in [-0.4, -0.2) is 5.84 Å². The molecule has 0 aliphatic carbocycles. The molecule has 0 heterocycles. The Morgan fingerprint density at radius 1 is 1.40 bits per heavy atom. The number of aliphatic imine (C=N–C) groups is 1. The molecular formula is C12H19N3. The fraction of sp³-hybridized carbons (Fsp3) is 0.417. The number of hydrogen-bond donors (Lipinski definition) is 2. The van der Waals surface area contributed by atoms with Crippen LogP contribution in [0.2, 0.25) is 0 Å². The Morgan fingerprint density at radius 3 is 2.60 bits per heavy atom. The maximum absolute atomic E-state index is 5.47. The molecule has 0 aromatic heterocycles. The van der Waals surface area contributed by atoms with E-state index in [1.165, 1.54) is 0 Å². The maximum atomic E-state index is 5.47. The summed E-state index contributed by atoms with van der Waals surface area (Å²) < 4.78 is 0. The second kappa shape index (κ2) is 6.19. The van der Waals surface area contributed by atoms with Gasteiger partial charge in [-0.15, -0.1) is 0 Å². The summed E-state index contributed by atoms with van der Waals surface area (Å²) in [5.41, 5.74) is 3.62. The third-order valence-electron chi connectivity index (χ3n) is 2.34. The molecule has 0 amide bonds. The molecule has 0 radical (unpaired) electrons. The Labute approximate surface area is 91.4 Å². The second-order valence-corrected chi connectivity index (χ2v) is 3.67. The van der Waals surface area contributed by atoms with Crippen LogP contribution in [0.3, 0.4) is 0 Å². The van der Waals surface area contributed by atoms with Gasteiger partial charge in [-0.3, -0.25) is 0 Å². The highest BCUT2D eigenvalue weighted by Gasteiger charge is 2.07. The number of hydrazine groups is 1. The summed E-state index contributed by atoms with van der Waals surface area (Å²) in [5, 5.41) is 0. The molecule has 0 aliphatic heterocycles. The van der Waals surface area contributed by atoms with Gasteiger partial charge < -0.3 is 5.43 Å². The number of hydrogen-bond acceptors (Lipinski definition) is 2. The van der Waals surface area contributed by atoms with Crippen molar-refractivity contribution in [3.8, 4) is 0 Å². The van der Waals surface area contributed by atoms with Crippen LogP contribution in [0, 0.1) is 5.92 Å². The topological polar surface area (TPSA) is 50.4 Å². The van der Waals surface area contributed by atoms with Gasteiger partial charge in [0.1, 0.15) is 5.84 Å². The average molecular weight is 205 g/mol. The number of nitrogens with zero attached hydrogens (tertiary/aromatic N) is 1. The molecule has 1 rings (SSSR count). The van der Waals surface area contributed by atoms with E-state index >= 15 is 0 Å². The first-order valence-corrected chi connectivity index (χ1v) is 5.38. The van der Waals surface area contributed by atoms with Crippen molar-refractivity contribution >= 4 is 11.5 Å². The minimum atomic E-state index is 0.375. The quantitative estimate of drug-likeness (QED) is 0.343. The van der Waals surface area contributed by atoms with Crippen LogP contribution >= 0.6 is 0 Å². The van der Waals surface area contributed by atoms with Crippen molar-refractivity contribution in [1.82, 2.24) is 5.43 Å². The van der Waals surface area contributed by atoms with Crippen molar-refractivity contribution in [2.75, 3.05) is 0 Å². The SMILES string of the molecule is CCCC(C)C(=Nc1ccccc1)NN. The fourth-order valence-electron chi connectivity index (χ4n) is 1.50. The van der Waals surface area contributed by atoms with Gasteiger partial charge in [0, 0.05) is 5.92 Å². The Bertz CT molecular complexity index is 306. The predicted molar refractivity (Wildman–Crippen MR) is 64.9 cm³/mol. The zero-order chi connectivity index (χ0) is 11.1. The van der Waals surface area contributed by atoms with E-state index in [4.69, 9.17) is 5.84 Å². The molecule has 3 heteroatoms. The van der Waals surface area contributed by atoms with Crippen molar-refractivity contribution in [1.29, 1.82) is 0 Å². The summed E-state index contributed by atoms with van der Waals surface area (Å²) in [7, 11) is 0. The minimum absolute atomic E-state index is 0.375. The molecule has 0 saturated heterocycles. The standard InChI is InChI=1S/C12H19N3/c1-3-7-10(2)12(15-13)14-11-8-5-4-6-9-11/h4-6,8-10H,3,7,13H2,1-2H3,(H,14,15). The van der Waals surface area contributed by atoms with Crippen LogP contribution in [0.15, 0.2) is 35.3 Å². The third kappa shape index (κ3) is 3.72. The lowest BCUT2D eigenvalue weighted by Gasteiger charge is -2.12. The van der Waals surface area contributed by atoms with E-state index in [2.05, 4.69) is 24.3 Å². The van der Waals surface area contributed by atoms with Crippen molar-refractivity contribution in [2.45, 2.75) is 26.7 Å². The molecule has 3 N–H and O–H groups in total. The fourth-order valence-corrected chi connectivity index (χ4v) is 1.50. The van der Waals surface area contributed by atoms with Crippen LogP contribution < -0.4 is 11.3 Å². The highest BCUT2D eigenvalue weighted by molar-refractivity contribution is 5.86. The molecule has 3 nitrogen and oxygen atoms in total. The average Bonchev–Trinajstić information content (AvgIpc) is 2.27. The van der Waals surface area contributed by atoms with Gasteiger partial charge in [0.2, 0.25) is 0 Å². The van der Waals surface area contributed by atoms with Gasteiger partial charge in [0.25, 0.3) is 0 Å². The van der Waals surface area contributed by atoms with Crippen LogP contribution in [0.1, 0.15) is 26.7 Å². The predicted octanol–water partition coefficient (Wildman–Crippen LogP) is 2.62. The van der Waals surface area contributed by atoms with E-state index in [1.54, 1.807) is 0 Å². The lowest BCUT2D eigenvalue weighted by Crippen LogP contribution is -2.34. The molecule has 1 aromatic carbocycles. The summed E-state index contributed by atoms with van der Waals surface area (Å²) in [4.78, 5) is 4.48. The number of para-hydroxylation sites is 1. The summed E-state index contributed by atoms with van der Waals surface area (Å²) in [6, 6.07) is 9.85. The van der Waals surface area contributed by atoms with Crippen LogP contribution in [0.25, 0.3) is 0 Å². The van der Waals surface area contributed by atoms with Crippen molar-refractivity contribution < 1.29 is 0 Å². The zero-order valence-corrected chi connectivity index (χ0v) is 9.40. The first kappa shape index (κ1) is 11.7. The molecule has 0 spiro atoms. The van der Waals surface area contributed by atoms with Gasteiger partial charge >= 0.3 is 0 Å². The van der Waals surface area contributed by atoms with Crippen molar-refractivity contribution in [2.24, 2.45) is 16.8 Å². The van der Waals surface area contributed by atoms with Crippen LogP contribution in [0.5, 0.6) is 0 Å². The summed E-state index contributed by atoms with van der Waals surface area (Å²) in [6.45, 7) is 4.29.